The molecule has 3 unspecified atom stereocenters. The predicted octanol–water partition coefficient (Wildman–Crippen LogP) is 1.65. The average molecular weight is 210 g/mol. The summed E-state index contributed by atoms with van der Waals surface area (Å²) >= 11 is 0. The van der Waals surface area contributed by atoms with Gasteiger partial charge in [-0.25, -0.2) is 4.39 Å². The summed E-state index contributed by atoms with van der Waals surface area (Å²) in [5, 5.41) is 0. The lowest BCUT2D eigenvalue weighted by atomic mass is 9.94. The zero-order valence-electron chi connectivity index (χ0n) is 8.69. The molecule has 3 nitrogen and oxygen atoms in total. The normalized spacial score (nSPS) is 27.9. The van der Waals surface area contributed by atoms with Crippen molar-refractivity contribution < 1.29 is 9.13 Å². The fourth-order valence-electron chi connectivity index (χ4n) is 1.98. The molecule has 0 radical (unpaired) electrons. The van der Waals surface area contributed by atoms with E-state index in [1.165, 1.54) is 12.3 Å². The zero-order chi connectivity index (χ0) is 10.8. The van der Waals surface area contributed by atoms with E-state index in [2.05, 4.69) is 11.9 Å². The summed E-state index contributed by atoms with van der Waals surface area (Å²) in [6.45, 7) is 2.84. The molecule has 4 heteroatoms. The van der Waals surface area contributed by atoms with Crippen molar-refractivity contribution >= 4 is 0 Å². The van der Waals surface area contributed by atoms with Gasteiger partial charge >= 0.3 is 0 Å². The van der Waals surface area contributed by atoms with E-state index in [9.17, 15) is 4.39 Å². The topological polar surface area (TPSA) is 48.1 Å². The van der Waals surface area contributed by atoms with E-state index in [4.69, 9.17) is 10.5 Å². The highest BCUT2D eigenvalue weighted by Crippen LogP contribution is 2.29. The first-order valence-electron chi connectivity index (χ1n) is 5.16. The number of hydrogen-bond donors (Lipinski definition) is 1. The van der Waals surface area contributed by atoms with Crippen molar-refractivity contribution in [2.45, 2.75) is 25.5 Å². The maximum Gasteiger partial charge on any atom is 0.141 e. The van der Waals surface area contributed by atoms with E-state index < -0.39 is 0 Å². The molecule has 0 aliphatic carbocycles. The van der Waals surface area contributed by atoms with Crippen LogP contribution < -0.4 is 5.73 Å². The Morgan fingerprint density at radius 1 is 1.60 bits per heavy atom. The Labute approximate surface area is 88.5 Å². The molecule has 3 atom stereocenters. The van der Waals surface area contributed by atoms with Gasteiger partial charge in [0, 0.05) is 12.8 Å². The third-order valence-electron chi connectivity index (χ3n) is 2.91. The molecule has 2 heterocycles. The molecule has 15 heavy (non-hydrogen) atoms. The Balaban J connectivity index is 2.16. The first-order valence-corrected chi connectivity index (χ1v) is 5.16. The molecule has 0 bridgehead atoms. The lowest BCUT2D eigenvalue weighted by Crippen LogP contribution is -2.30. The molecule has 82 valence electrons. The van der Waals surface area contributed by atoms with E-state index >= 15 is 0 Å². The number of hydrogen-bond acceptors (Lipinski definition) is 3. The van der Waals surface area contributed by atoms with Gasteiger partial charge in [-0.05, 0) is 24.0 Å². The maximum atomic E-state index is 13.0. The van der Waals surface area contributed by atoms with Gasteiger partial charge < -0.3 is 10.5 Å². The van der Waals surface area contributed by atoms with E-state index in [0.717, 1.165) is 13.0 Å². The van der Waals surface area contributed by atoms with Gasteiger partial charge in [-0.3, -0.25) is 4.98 Å². The number of ether oxygens (including phenoxy) is 1. The summed E-state index contributed by atoms with van der Waals surface area (Å²) in [5.41, 5.74) is 6.73. The summed E-state index contributed by atoms with van der Waals surface area (Å²) in [7, 11) is 0. The number of aromatic nitrogens is 1. The van der Waals surface area contributed by atoms with Crippen molar-refractivity contribution in [1.29, 1.82) is 0 Å². The molecule has 1 aromatic heterocycles. The third kappa shape index (κ3) is 2.16. The number of rotatable bonds is 2. The molecule has 1 aliphatic heterocycles. The van der Waals surface area contributed by atoms with E-state index in [1.54, 1.807) is 6.20 Å². The maximum absolute atomic E-state index is 13.0. The molecule has 0 amide bonds. The van der Waals surface area contributed by atoms with E-state index in [1.807, 2.05) is 0 Å². The summed E-state index contributed by atoms with van der Waals surface area (Å²) < 4.78 is 18.5. The summed E-state index contributed by atoms with van der Waals surface area (Å²) in [6, 6.07) is 1.14. The Hall–Kier alpha value is -1.00. The zero-order valence-corrected chi connectivity index (χ0v) is 8.69. The molecule has 0 saturated carbocycles. The van der Waals surface area contributed by atoms with Gasteiger partial charge in [-0.2, -0.15) is 0 Å². The number of halogens is 1. The van der Waals surface area contributed by atoms with Crippen molar-refractivity contribution in [3.8, 4) is 0 Å². The van der Waals surface area contributed by atoms with Crippen LogP contribution in [0, 0.1) is 11.7 Å². The van der Waals surface area contributed by atoms with Gasteiger partial charge in [0.1, 0.15) is 5.82 Å². The highest BCUT2D eigenvalue weighted by atomic mass is 19.1. The number of nitrogens with two attached hydrogens (primary N) is 1. The lowest BCUT2D eigenvalue weighted by Gasteiger charge is -2.22. The fourth-order valence-corrected chi connectivity index (χ4v) is 1.98. The highest BCUT2D eigenvalue weighted by molar-refractivity contribution is 5.16. The van der Waals surface area contributed by atoms with Gasteiger partial charge in [-0.1, -0.05) is 6.92 Å². The Bertz CT molecular complexity index is 345. The number of pyridine rings is 1. The Morgan fingerprint density at radius 3 is 3.00 bits per heavy atom. The van der Waals surface area contributed by atoms with Crippen LogP contribution in [0.5, 0.6) is 0 Å². The second kappa shape index (κ2) is 4.24. The van der Waals surface area contributed by atoms with Crippen molar-refractivity contribution in [1.82, 2.24) is 4.98 Å². The van der Waals surface area contributed by atoms with E-state index in [0.29, 0.717) is 11.5 Å². The van der Waals surface area contributed by atoms with Gasteiger partial charge in [0.2, 0.25) is 0 Å². The molecule has 0 aromatic carbocycles. The van der Waals surface area contributed by atoms with Crippen molar-refractivity contribution in [3.63, 3.8) is 0 Å². The predicted molar refractivity (Wildman–Crippen MR) is 54.6 cm³/mol. The van der Waals surface area contributed by atoms with Gasteiger partial charge in [0.05, 0.1) is 18.3 Å². The minimum atomic E-state index is -0.353. The average Bonchev–Trinajstić information content (AvgIpc) is 2.63. The number of nitrogens with zero attached hydrogens (tertiary/aromatic N) is 1. The van der Waals surface area contributed by atoms with Crippen LogP contribution in [0.2, 0.25) is 0 Å². The van der Waals surface area contributed by atoms with Crippen LogP contribution in [0.15, 0.2) is 18.5 Å². The lowest BCUT2D eigenvalue weighted by molar-refractivity contribution is 0.0723. The van der Waals surface area contributed by atoms with Crippen LogP contribution >= 0.6 is 0 Å². The molecule has 1 aliphatic rings. The summed E-state index contributed by atoms with van der Waals surface area (Å²) in [6.07, 6.45) is 3.77. The summed E-state index contributed by atoms with van der Waals surface area (Å²) in [5.74, 6) is 0.0665. The largest absolute Gasteiger partial charge is 0.376 e. The molecule has 2 rings (SSSR count). The molecule has 1 aromatic rings. The van der Waals surface area contributed by atoms with Gasteiger partial charge in [-0.15, -0.1) is 0 Å². The standard InChI is InChI=1S/C11H15FN2O/c1-7-2-3-15-11(7)10(13)8-4-9(12)6-14-5-8/h4-7,10-11H,2-3,13H2,1H3. The fraction of sp³-hybridized carbons (Fsp3) is 0.545. The Kier molecular flexibility index (Phi) is 2.98. The monoisotopic (exact) mass is 210 g/mol. The van der Waals surface area contributed by atoms with Crippen LogP contribution in [-0.4, -0.2) is 17.7 Å². The first-order chi connectivity index (χ1) is 7.18. The van der Waals surface area contributed by atoms with Crippen LogP contribution in [0.1, 0.15) is 24.9 Å². The molecule has 0 spiro atoms. The van der Waals surface area contributed by atoms with Crippen molar-refractivity contribution in [2.75, 3.05) is 6.61 Å². The highest BCUT2D eigenvalue weighted by Gasteiger charge is 2.30. The van der Waals surface area contributed by atoms with Crippen LogP contribution in [0.4, 0.5) is 4.39 Å². The Morgan fingerprint density at radius 2 is 2.40 bits per heavy atom. The second-order valence-corrected chi connectivity index (χ2v) is 4.06. The first kappa shape index (κ1) is 10.5. The van der Waals surface area contributed by atoms with Crippen molar-refractivity contribution in [2.24, 2.45) is 11.7 Å². The molecule has 1 fully saturated rings. The SMILES string of the molecule is CC1CCOC1C(N)c1cncc(F)c1. The van der Waals surface area contributed by atoms with E-state index in [-0.39, 0.29) is 18.0 Å². The second-order valence-electron chi connectivity index (χ2n) is 4.06. The molecule has 1 saturated heterocycles. The van der Waals surface area contributed by atoms with Crippen LogP contribution in [0.25, 0.3) is 0 Å². The quantitative estimate of drug-likeness (QED) is 0.807. The molecule has 2 N–H and O–H groups in total. The molecular weight excluding hydrogens is 195 g/mol. The smallest absolute Gasteiger partial charge is 0.141 e. The minimum Gasteiger partial charge on any atom is -0.376 e. The van der Waals surface area contributed by atoms with Crippen molar-refractivity contribution in [3.05, 3.63) is 29.8 Å². The minimum absolute atomic E-state index is 0.0198. The van der Waals surface area contributed by atoms with Gasteiger partial charge in [0.15, 0.2) is 0 Å². The third-order valence-corrected chi connectivity index (χ3v) is 2.91. The summed E-state index contributed by atoms with van der Waals surface area (Å²) in [4.78, 5) is 3.79. The van der Waals surface area contributed by atoms with Gasteiger partial charge in [0.25, 0.3) is 0 Å². The van der Waals surface area contributed by atoms with Crippen LogP contribution in [0.3, 0.4) is 0 Å². The molecular formula is C11H15FN2O. The van der Waals surface area contributed by atoms with Crippen LogP contribution in [-0.2, 0) is 4.74 Å².